The highest BCUT2D eigenvalue weighted by Gasteiger charge is 2.41. The second kappa shape index (κ2) is 6.81. The topological polar surface area (TPSA) is 60.4 Å². The fourth-order valence-electron chi connectivity index (χ4n) is 3.90. The zero-order valence-corrected chi connectivity index (χ0v) is 17.7. The van der Waals surface area contributed by atoms with Gasteiger partial charge in [-0.2, -0.15) is 0 Å². The lowest BCUT2D eigenvalue weighted by Gasteiger charge is -2.36. The largest absolute Gasteiger partial charge is 0.469 e. The van der Waals surface area contributed by atoms with Gasteiger partial charge in [-0.3, -0.25) is 4.79 Å². The molecule has 0 fully saturated rings. The third-order valence-electron chi connectivity index (χ3n) is 5.41. The third-order valence-corrected chi connectivity index (χ3v) is 9.65. The van der Waals surface area contributed by atoms with Crippen molar-refractivity contribution in [3.63, 3.8) is 0 Å². The van der Waals surface area contributed by atoms with Gasteiger partial charge in [-0.25, -0.2) is 8.42 Å². The number of allylic oxidation sites excluding steroid dienone is 4. The lowest BCUT2D eigenvalue weighted by atomic mass is 9.88. The van der Waals surface area contributed by atoms with Gasteiger partial charge in [0.05, 0.1) is 30.9 Å². The lowest BCUT2D eigenvalue weighted by Crippen LogP contribution is -2.32. The quantitative estimate of drug-likeness (QED) is 0.569. The Morgan fingerprint density at radius 3 is 2.35 bits per heavy atom. The van der Waals surface area contributed by atoms with Crippen LogP contribution in [0.3, 0.4) is 0 Å². The number of hydrogen-bond donors (Lipinski definition) is 0. The molecular weight excluding hydrogens is 364 g/mol. The molecule has 1 aromatic carbocycles. The molecule has 0 amide bonds. The molecule has 1 atom stereocenters. The number of rotatable bonds is 4. The summed E-state index contributed by atoms with van der Waals surface area (Å²) < 4.78 is 31.6. The molecular formula is C20H26O4SSi. The number of fused-ring (bicyclic) bond motifs is 1. The van der Waals surface area contributed by atoms with Crippen LogP contribution in [0.5, 0.6) is 0 Å². The standard InChI is InChI=1S/C20H26O4SSi/c1-24-20(21)14-10-11-16-17(13-19(16)26(2,3)4)18(12-14)25(22,23)15-8-6-5-7-9-15/h5-9,14H,10-13H2,1-4H3. The van der Waals surface area contributed by atoms with Gasteiger partial charge in [0.2, 0.25) is 9.84 Å². The molecule has 0 saturated carbocycles. The number of sulfone groups is 1. The Balaban J connectivity index is 2.14. The Morgan fingerprint density at radius 2 is 1.77 bits per heavy atom. The van der Waals surface area contributed by atoms with E-state index in [4.69, 9.17) is 4.74 Å². The van der Waals surface area contributed by atoms with Crippen molar-refractivity contribution in [2.24, 2.45) is 5.92 Å². The molecule has 1 aromatic rings. The first-order valence-corrected chi connectivity index (χ1v) is 14.0. The summed E-state index contributed by atoms with van der Waals surface area (Å²) in [5.74, 6) is -0.718. The van der Waals surface area contributed by atoms with Crippen LogP contribution in [-0.4, -0.2) is 29.6 Å². The Bertz CT molecular complexity index is 889. The van der Waals surface area contributed by atoms with E-state index in [0.717, 1.165) is 18.4 Å². The third kappa shape index (κ3) is 3.32. The molecule has 0 N–H and O–H groups in total. The number of methoxy groups -OCH3 is 1. The van der Waals surface area contributed by atoms with Crippen molar-refractivity contribution in [2.75, 3.05) is 7.11 Å². The number of hydrogen-bond acceptors (Lipinski definition) is 4. The van der Waals surface area contributed by atoms with Gasteiger partial charge in [0.15, 0.2) is 0 Å². The first-order chi connectivity index (χ1) is 12.2. The van der Waals surface area contributed by atoms with Gasteiger partial charge >= 0.3 is 5.97 Å². The maximum Gasteiger partial charge on any atom is 0.309 e. The molecule has 26 heavy (non-hydrogen) atoms. The van der Waals surface area contributed by atoms with E-state index in [1.165, 1.54) is 17.9 Å². The Kier molecular flexibility index (Phi) is 5.01. The molecule has 0 aliphatic heterocycles. The summed E-state index contributed by atoms with van der Waals surface area (Å²) in [6.07, 6.45) is 2.40. The Hall–Kier alpha value is -1.66. The van der Waals surface area contributed by atoms with Crippen LogP contribution in [0.1, 0.15) is 25.7 Å². The van der Waals surface area contributed by atoms with E-state index in [2.05, 4.69) is 19.6 Å². The van der Waals surface area contributed by atoms with Crippen LogP contribution in [0.15, 0.2) is 56.5 Å². The zero-order chi connectivity index (χ0) is 19.1. The van der Waals surface area contributed by atoms with Crippen molar-refractivity contribution in [3.8, 4) is 0 Å². The molecule has 2 aliphatic rings. The van der Waals surface area contributed by atoms with E-state index >= 15 is 0 Å². The second-order valence-electron chi connectivity index (χ2n) is 8.06. The summed E-state index contributed by atoms with van der Waals surface area (Å²) in [5.41, 5.74) is 2.16. The van der Waals surface area contributed by atoms with Crippen molar-refractivity contribution < 1.29 is 17.9 Å². The summed E-state index contributed by atoms with van der Waals surface area (Å²) in [5, 5.41) is 1.44. The van der Waals surface area contributed by atoms with Crippen LogP contribution in [0.4, 0.5) is 0 Å². The van der Waals surface area contributed by atoms with E-state index in [0.29, 0.717) is 16.2 Å². The number of carbonyl (C=O) groups excluding carboxylic acids is 1. The predicted molar refractivity (Wildman–Crippen MR) is 105 cm³/mol. The molecule has 140 valence electrons. The highest BCUT2D eigenvalue weighted by molar-refractivity contribution is 7.95. The number of benzene rings is 1. The molecule has 0 heterocycles. The summed E-state index contributed by atoms with van der Waals surface area (Å²) in [6.45, 7) is 6.88. The zero-order valence-electron chi connectivity index (χ0n) is 15.8. The minimum atomic E-state index is -3.61. The molecule has 4 nitrogen and oxygen atoms in total. The monoisotopic (exact) mass is 390 g/mol. The summed E-state index contributed by atoms with van der Waals surface area (Å²) in [6, 6.07) is 8.53. The van der Waals surface area contributed by atoms with Gasteiger partial charge < -0.3 is 4.74 Å². The number of ether oxygens (including phenoxy) is 1. The number of carbonyl (C=O) groups is 1. The maximum atomic E-state index is 13.3. The SMILES string of the molecule is COC(=O)C1CCC2=C([Si](C)(C)C)CC2=C(S(=O)(=O)c2ccccc2)C1. The van der Waals surface area contributed by atoms with Crippen molar-refractivity contribution in [1.82, 2.24) is 0 Å². The fraction of sp³-hybridized carbons (Fsp3) is 0.450. The van der Waals surface area contributed by atoms with Crippen LogP contribution >= 0.6 is 0 Å². The Morgan fingerprint density at radius 1 is 1.12 bits per heavy atom. The average Bonchev–Trinajstić information content (AvgIpc) is 2.71. The van der Waals surface area contributed by atoms with Crippen LogP contribution in [0.25, 0.3) is 0 Å². The van der Waals surface area contributed by atoms with Crippen molar-refractivity contribution >= 4 is 23.9 Å². The van der Waals surface area contributed by atoms with E-state index in [9.17, 15) is 13.2 Å². The fourth-order valence-corrected chi connectivity index (χ4v) is 7.53. The average molecular weight is 391 g/mol. The van der Waals surface area contributed by atoms with Gasteiger partial charge in [0, 0.05) is 0 Å². The van der Waals surface area contributed by atoms with Gasteiger partial charge in [0.25, 0.3) is 0 Å². The van der Waals surface area contributed by atoms with Gasteiger partial charge in [0.1, 0.15) is 0 Å². The molecule has 0 radical (unpaired) electrons. The van der Waals surface area contributed by atoms with Crippen LogP contribution in [0.2, 0.25) is 19.6 Å². The van der Waals surface area contributed by atoms with Crippen LogP contribution in [-0.2, 0) is 19.4 Å². The number of esters is 1. The smallest absolute Gasteiger partial charge is 0.309 e. The molecule has 6 heteroatoms. The van der Waals surface area contributed by atoms with Crippen LogP contribution < -0.4 is 0 Å². The molecule has 0 spiro atoms. The molecule has 3 rings (SSSR count). The highest BCUT2D eigenvalue weighted by atomic mass is 32.2. The molecule has 0 saturated heterocycles. The predicted octanol–water partition coefficient (Wildman–Crippen LogP) is 4.27. The van der Waals surface area contributed by atoms with E-state index in [-0.39, 0.29) is 12.4 Å². The van der Waals surface area contributed by atoms with E-state index in [1.54, 1.807) is 30.3 Å². The van der Waals surface area contributed by atoms with Gasteiger partial charge in [-0.1, -0.05) is 43.0 Å². The minimum absolute atomic E-state index is 0.238. The highest BCUT2D eigenvalue weighted by Crippen LogP contribution is 2.49. The molecule has 2 aliphatic carbocycles. The van der Waals surface area contributed by atoms with Crippen LogP contribution in [0, 0.1) is 5.92 Å². The molecule has 0 aromatic heterocycles. The first kappa shape index (κ1) is 19.1. The summed E-state index contributed by atoms with van der Waals surface area (Å²) in [4.78, 5) is 12.9. The maximum absolute atomic E-state index is 13.3. The summed E-state index contributed by atoms with van der Waals surface area (Å²) >= 11 is 0. The minimum Gasteiger partial charge on any atom is -0.469 e. The summed E-state index contributed by atoms with van der Waals surface area (Å²) in [7, 11) is -3.73. The van der Waals surface area contributed by atoms with Crippen molar-refractivity contribution in [1.29, 1.82) is 0 Å². The van der Waals surface area contributed by atoms with Gasteiger partial charge in [-0.15, -0.1) is 0 Å². The van der Waals surface area contributed by atoms with Gasteiger partial charge in [-0.05, 0) is 49.0 Å². The van der Waals surface area contributed by atoms with E-state index in [1.807, 2.05) is 0 Å². The lowest BCUT2D eigenvalue weighted by molar-refractivity contribution is -0.145. The first-order valence-electron chi connectivity index (χ1n) is 8.99. The normalized spacial score (nSPS) is 21.0. The van der Waals surface area contributed by atoms with E-state index < -0.39 is 23.8 Å². The van der Waals surface area contributed by atoms with Crippen molar-refractivity contribution in [3.05, 3.63) is 51.6 Å². The second-order valence-corrected chi connectivity index (χ2v) is 15.1. The molecule has 1 unspecified atom stereocenters. The van der Waals surface area contributed by atoms with Crippen molar-refractivity contribution in [2.45, 2.75) is 50.2 Å². The Labute approximate surface area is 156 Å². The molecule has 0 bridgehead atoms.